The zero-order chi connectivity index (χ0) is 25.3. The lowest BCUT2D eigenvalue weighted by Gasteiger charge is -2.01. The van der Waals surface area contributed by atoms with Gasteiger partial charge in [-0.15, -0.1) is 0 Å². The minimum Gasteiger partial charge on any atom is -0.508 e. The summed E-state index contributed by atoms with van der Waals surface area (Å²) in [4.78, 5) is 10.7. The molecule has 0 heterocycles. The van der Waals surface area contributed by atoms with Crippen LogP contribution in [0.2, 0.25) is 0 Å². The lowest BCUT2D eigenvalue weighted by Crippen LogP contribution is -1.99. The first-order valence-electron chi connectivity index (χ1n) is 10.8. The maximum atomic E-state index is 10.7. The van der Waals surface area contributed by atoms with Crippen molar-refractivity contribution in [1.29, 1.82) is 0 Å². The number of aryl methyl sites for hydroxylation is 3. The Morgan fingerprint density at radius 2 is 1.18 bits per heavy atom. The van der Waals surface area contributed by atoms with Crippen LogP contribution in [0, 0.1) is 20.8 Å². The number of ether oxygens (including phenoxy) is 2. The van der Waals surface area contributed by atoms with Crippen molar-refractivity contribution in [3.63, 3.8) is 0 Å². The summed E-state index contributed by atoms with van der Waals surface area (Å²) in [6.45, 7) is 17.2. The molecular weight excluding hydrogens is 424 g/mol. The monoisotopic (exact) mass is 458 g/mol. The molecule has 0 amide bonds. The normalized spacial score (nSPS) is 9.26. The van der Waals surface area contributed by atoms with Gasteiger partial charge in [0.1, 0.15) is 19.0 Å². The van der Waals surface area contributed by atoms with E-state index in [-0.39, 0.29) is 11.7 Å². The summed E-state index contributed by atoms with van der Waals surface area (Å²) in [5, 5.41) is 8.92. The Labute approximate surface area is 203 Å². The summed E-state index contributed by atoms with van der Waals surface area (Å²) in [5.41, 5.74) is 6.60. The van der Waals surface area contributed by atoms with Crippen molar-refractivity contribution >= 4 is 11.7 Å². The van der Waals surface area contributed by atoms with Crippen LogP contribution in [0.25, 0.3) is 5.76 Å². The molecule has 3 rings (SSSR count). The fourth-order valence-corrected chi connectivity index (χ4v) is 2.48. The van der Waals surface area contributed by atoms with Crippen LogP contribution in [0.5, 0.6) is 0 Å². The molecule has 0 saturated carbocycles. The van der Waals surface area contributed by atoms with Crippen molar-refractivity contribution in [3.8, 4) is 0 Å². The number of esters is 1. The molecule has 3 aromatic rings. The van der Waals surface area contributed by atoms with Gasteiger partial charge in [-0.2, -0.15) is 0 Å². The number of carbonyl (C=O) groups excluding carboxylic acids is 1. The summed E-state index contributed by atoms with van der Waals surface area (Å²) in [6, 6.07) is 23.7. The van der Waals surface area contributed by atoms with Gasteiger partial charge in [0.25, 0.3) is 0 Å². The fourth-order valence-electron chi connectivity index (χ4n) is 2.48. The second-order valence-corrected chi connectivity index (χ2v) is 7.57. The molecule has 0 bridgehead atoms. The third kappa shape index (κ3) is 12.1. The molecule has 4 heteroatoms. The highest BCUT2D eigenvalue weighted by Gasteiger charge is 1.96. The summed E-state index contributed by atoms with van der Waals surface area (Å²) < 4.78 is 9.88. The van der Waals surface area contributed by atoms with Crippen molar-refractivity contribution in [2.75, 3.05) is 0 Å². The third-order valence-electron chi connectivity index (χ3n) is 4.54. The van der Waals surface area contributed by atoms with Gasteiger partial charge in [-0.25, -0.2) is 4.79 Å². The van der Waals surface area contributed by atoms with E-state index >= 15 is 0 Å². The van der Waals surface area contributed by atoms with E-state index < -0.39 is 0 Å². The molecule has 0 fully saturated rings. The molecule has 178 valence electrons. The van der Waals surface area contributed by atoms with Crippen LogP contribution in [-0.4, -0.2) is 11.1 Å². The van der Waals surface area contributed by atoms with Gasteiger partial charge in [0.2, 0.25) is 0 Å². The Kier molecular flexibility index (Phi) is 12.9. The quantitative estimate of drug-likeness (QED) is 0.228. The highest BCUT2D eigenvalue weighted by molar-refractivity contribution is 5.81. The molecule has 0 aromatic heterocycles. The predicted molar refractivity (Wildman–Crippen MR) is 140 cm³/mol. The van der Waals surface area contributed by atoms with Gasteiger partial charge in [-0.05, 0) is 31.9 Å². The van der Waals surface area contributed by atoms with Gasteiger partial charge in [-0.3, -0.25) is 0 Å². The molecule has 0 atom stereocenters. The predicted octanol–water partition coefficient (Wildman–Crippen LogP) is 7.40. The Hall–Kier alpha value is -4.05. The van der Waals surface area contributed by atoms with Gasteiger partial charge < -0.3 is 14.6 Å². The van der Waals surface area contributed by atoms with Gasteiger partial charge in [-0.1, -0.05) is 109 Å². The standard InChI is InChI=1S/C11H12O2.C10H12O.C9H10O/c1-3-11(12)13-8-10-6-4-9(2)5-7-10;1-3-11-8-10-6-4-9(2)5-7-10;1-7-3-5-9(6-4-7)8(2)10/h3-7H,1,8H2,2H3;3-7H,1,8H2,2H3;3-6,10H,2H2,1H3. The number of aliphatic hydroxyl groups excluding tert-OH is 1. The van der Waals surface area contributed by atoms with Crippen LogP contribution in [0.4, 0.5) is 0 Å². The minimum atomic E-state index is -0.388. The van der Waals surface area contributed by atoms with E-state index in [1.165, 1.54) is 28.5 Å². The van der Waals surface area contributed by atoms with Crippen molar-refractivity contribution in [1.82, 2.24) is 0 Å². The molecule has 0 saturated heterocycles. The molecule has 0 radical (unpaired) electrons. The van der Waals surface area contributed by atoms with E-state index in [1.54, 1.807) is 0 Å². The lowest BCUT2D eigenvalue weighted by molar-refractivity contribution is -0.138. The number of rotatable bonds is 7. The molecule has 0 aliphatic heterocycles. The van der Waals surface area contributed by atoms with Crippen LogP contribution in [0.1, 0.15) is 33.4 Å². The second kappa shape index (κ2) is 15.7. The van der Waals surface area contributed by atoms with Gasteiger partial charge in [0, 0.05) is 11.6 Å². The minimum absolute atomic E-state index is 0.125. The number of aliphatic hydroxyl groups is 1. The number of carbonyl (C=O) groups is 1. The first-order chi connectivity index (χ1) is 16.2. The maximum absolute atomic E-state index is 10.7. The zero-order valence-electron chi connectivity index (χ0n) is 20.3. The molecule has 3 aromatic carbocycles. The van der Waals surface area contributed by atoms with Gasteiger partial charge in [0.15, 0.2) is 0 Å². The van der Waals surface area contributed by atoms with Crippen molar-refractivity contribution in [3.05, 3.63) is 138 Å². The van der Waals surface area contributed by atoms with Crippen LogP contribution in [-0.2, 0) is 27.5 Å². The maximum Gasteiger partial charge on any atom is 0.330 e. The van der Waals surface area contributed by atoms with E-state index in [0.717, 1.165) is 17.2 Å². The van der Waals surface area contributed by atoms with Crippen LogP contribution in [0.3, 0.4) is 0 Å². The number of hydrogen-bond acceptors (Lipinski definition) is 4. The molecule has 4 nitrogen and oxygen atoms in total. The van der Waals surface area contributed by atoms with Gasteiger partial charge in [0.05, 0.1) is 6.26 Å². The van der Waals surface area contributed by atoms with Crippen LogP contribution < -0.4 is 0 Å². The number of benzene rings is 3. The van der Waals surface area contributed by atoms with Crippen molar-refractivity contribution in [2.24, 2.45) is 0 Å². The Morgan fingerprint density at radius 3 is 1.56 bits per heavy atom. The lowest BCUT2D eigenvalue weighted by atomic mass is 10.1. The summed E-state index contributed by atoms with van der Waals surface area (Å²) in [7, 11) is 0. The molecule has 0 spiro atoms. The Morgan fingerprint density at radius 1 is 0.765 bits per heavy atom. The SMILES string of the molecule is C=C(O)c1ccc(C)cc1.C=CC(=O)OCc1ccc(C)cc1.C=COCc1ccc(C)cc1. The number of hydrogen-bond donors (Lipinski definition) is 1. The smallest absolute Gasteiger partial charge is 0.330 e. The average Bonchev–Trinajstić information content (AvgIpc) is 2.84. The van der Waals surface area contributed by atoms with Crippen LogP contribution in [0.15, 0.2) is 105 Å². The second-order valence-electron chi connectivity index (χ2n) is 7.57. The molecular formula is C30H34O4. The van der Waals surface area contributed by atoms with Gasteiger partial charge >= 0.3 is 5.97 Å². The van der Waals surface area contributed by atoms with Crippen molar-refractivity contribution in [2.45, 2.75) is 34.0 Å². The van der Waals surface area contributed by atoms with E-state index in [1.807, 2.05) is 62.4 Å². The van der Waals surface area contributed by atoms with E-state index in [4.69, 9.17) is 14.6 Å². The van der Waals surface area contributed by atoms with E-state index in [0.29, 0.717) is 13.2 Å². The van der Waals surface area contributed by atoms with Crippen LogP contribution >= 0.6 is 0 Å². The average molecular weight is 459 g/mol. The Balaban J connectivity index is 0.000000257. The van der Waals surface area contributed by atoms with E-state index in [9.17, 15) is 4.79 Å². The van der Waals surface area contributed by atoms with Crippen molar-refractivity contribution < 1.29 is 19.4 Å². The highest BCUT2D eigenvalue weighted by Crippen LogP contribution is 2.09. The summed E-state index contributed by atoms with van der Waals surface area (Å²) in [5.74, 6) is -0.263. The zero-order valence-corrected chi connectivity index (χ0v) is 20.3. The molecule has 34 heavy (non-hydrogen) atoms. The third-order valence-corrected chi connectivity index (χ3v) is 4.54. The molecule has 0 unspecified atom stereocenters. The molecule has 0 aliphatic rings. The summed E-state index contributed by atoms with van der Waals surface area (Å²) >= 11 is 0. The largest absolute Gasteiger partial charge is 0.508 e. The Bertz CT molecular complexity index is 1030. The first-order valence-corrected chi connectivity index (χ1v) is 10.8. The first kappa shape index (κ1) is 28.0. The van der Waals surface area contributed by atoms with E-state index in [2.05, 4.69) is 50.9 Å². The molecule has 1 N–H and O–H groups in total. The highest BCUT2D eigenvalue weighted by atomic mass is 16.5. The molecule has 0 aliphatic carbocycles. The summed E-state index contributed by atoms with van der Waals surface area (Å²) in [6.07, 6.45) is 2.62. The fraction of sp³-hybridized carbons (Fsp3) is 0.167. The topological polar surface area (TPSA) is 55.8 Å².